The molecule has 10 heteroatoms. The summed E-state index contributed by atoms with van der Waals surface area (Å²) in [6, 6.07) is 3.64. The lowest BCUT2D eigenvalue weighted by Gasteiger charge is -1.95. The van der Waals surface area contributed by atoms with Crippen LogP contribution in [0.4, 0.5) is 0 Å². The van der Waals surface area contributed by atoms with Gasteiger partial charge in [0.25, 0.3) is 5.56 Å². The molecule has 5 N–H and O–H groups in total. The van der Waals surface area contributed by atoms with Crippen molar-refractivity contribution in [2.24, 2.45) is 0 Å². The first-order valence-electron chi connectivity index (χ1n) is 6.51. The number of imidazole rings is 1. The minimum Gasteiger partial charge on any atom is -0.481 e. The van der Waals surface area contributed by atoms with Gasteiger partial charge in [0, 0.05) is 18.8 Å². The van der Waals surface area contributed by atoms with E-state index in [4.69, 9.17) is 5.11 Å². The number of rotatable bonds is 3. The number of fused-ring (bicyclic) bond motifs is 1. The highest BCUT2D eigenvalue weighted by atomic mass is 16.4. The zero-order valence-corrected chi connectivity index (χ0v) is 11.8. The van der Waals surface area contributed by atoms with Crippen molar-refractivity contribution in [1.82, 2.24) is 24.9 Å². The summed E-state index contributed by atoms with van der Waals surface area (Å²) in [4.78, 5) is 55.0. The summed E-state index contributed by atoms with van der Waals surface area (Å²) in [6.45, 7) is 0. The number of nitrogens with zero attached hydrogens (tertiary/aromatic N) is 1. The van der Waals surface area contributed by atoms with Crippen LogP contribution in [0.5, 0.6) is 0 Å². The van der Waals surface area contributed by atoms with Crippen molar-refractivity contribution in [2.75, 3.05) is 0 Å². The summed E-state index contributed by atoms with van der Waals surface area (Å²) >= 11 is 0. The Morgan fingerprint density at radius 2 is 1.61 bits per heavy atom. The predicted octanol–water partition coefficient (Wildman–Crippen LogP) is -0.668. The number of aromatic nitrogens is 5. The van der Waals surface area contributed by atoms with Crippen LogP contribution in [0.1, 0.15) is 12.0 Å². The average molecular weight is 319 g/mol. The summed E-state index contributed by atoms with van der Waals surface area (Å²) in [5, 5.41) is 8.36. The van der Waals surface area contributed by atoms with Gasteiger partial charge in [-0.2, -0.15) is 0 Å². The van der Waals surface area contributed by atoms with E-state index in [0.717, 1.165) is 5.56 Å². The molecule has 0 saturated carbocycles. The molecule has 0 aromatic carbocycles. The van der Waals surface area contributed by atoms with Crippen LogP contribution in [-0.4, -0.2) is 36.0 Å². The standard InChI is InChI=1S/C8H9NO2.C5H4N4O3/c10-8(11)2-1-7-3-5-9-6-4-7;10-3-1-2(7-4(11)6-1)8-5(12)9-3/h3-6H,1-2H2,(H,10,11);(H4,6,7,8,9,10,11,12). The molecule has 0 aliphatic rings. The number of aryl methyl sites for hydroxylation is 1. The maximum absolute atomic E-state index is 10.9. The van der Waals surface area contributed by atoms with Gasteiger partial charge in [0.1, 0.15) is 11.2 Å². The van der Waals surface area contributed by atoms with E-state index in [1.165, 1.54) is 0 Å². The largest absolute Gasteiger partial charge is 0.481 e. The van der Waals surface area contributed by atoms with Gasteiger partial charge in [-0.25, -0.2) is 9.59 Å². The monoisotopic (exact) mass is 319 g/mol. The summed E-state index contributed by atoms with van der Waals surface area (Å²) in [5.74, 6) is -0.762. The van der Waals surface area contributed by atoms with Gasteiger partial charge in [-0.15, -0.1) is 0 Å². The van der Waals surface area contributed by atoms with Gasteiger partial charge in [0.2, 0.25) is 0 Å². The Morgan fingerprint density at radius 3 is 2.22 bits per heavy atom. The van der Waals surface area contributed by atoms with Gasteiger partial charge in [-0.1, -0.05) is 0 Å². The molecule has 0 atom stereocenters. The van der Waals surface area contributed by atoms with Crippen LogP contribution in [0.2, 0.25) is 0 Å². The summed E-state index contributed by atoms with van der Waals surface area (Å²) in [6.07, 6.45) is 4.09. The molecule has 0 aliphatic heterocycles. The molecule has 120 valence electrons. The van der Waals surface area contributed by atoms with Gasteiger partial charge >= 0.3 is 17.3 Å². The second-order valence-corrected chi connectivity index (χ2v) is 4.49. The highest BCUT2D eigenvalue weighted by Crippen LogP contribution is 1.99. The van der Waals surface area contributed by atoms with Crippen LogP contribution < -0.4 is 16.9 Å². The van der Waals surface area contributed by atoms with E-state index in [2.05, 4.69) is 19.9 Å². The van der Waals surface area contributed by atoms with E-state index < -0.39 is 22.9 Å². The van der Waals surface area contributed by atoms with E-state index >= 15 is 0 Å². The third kappa shape index (κ3) is 4.52. The smallest absolute Gasteiger partial charge is 0.327 e. The number of carbonyl (C=O) groups is 1. The quantitative estimate of drug-likeness (QED) is 0.429. The minimum absolute atomic E-state index is 0.0413. The first kappa shape index (κ1) is 15.9. The average Bonchev–Trinajstić information content (AvgIpc) is 2.87. The summed E-state index contributed by atoms with van der Waals surface area (Å²) < 4.78 is 0. The zero-order valence-electron chi connectivity index (χ0n) is 11.8. The zero-order chi connectivity index (χ0) is 16.8. The Labute approximate surface area is 127 Å². The van der Waals surface area contributed by atoms with Crippen LogP contribution in [-0.2, 0) is 11.2 Å². The Morgan fingerprint density at radius 1 is 1.00 bits per heavy atom. The summed E-state index contributed by atoms with van der Waals surface area (Å²) in [5.41, 5.74) is -0.636. The fraction of sp³-hybridized carbons (Fsp3) is 0.154. The molecule has 0 unspecified atom stereocenters. The molecule has 3 aromatic rings. The molecule has 10 nitrogen and oxygen atoms in total. The highest BCUT2D eigenvalue weighted by molar-refractivity contribution is 5.67. The maximum atomic E-state index is 10.9. The van der Waals surface area contributed by atoms with Crippen LogP contribution in [0.3, 0.4) is 0 Å². The number of nitrogens with one attached hydrogen (secondary N) is 4. The molecule has 3 rings (SSSR count). The van der Waals surface area contributed by atoms with Gasteiger partial charge in [-0.3, -0.25) is 34.5 Å². The van der Waals surface area contributed by atoms with Crippen molar-refractivity contribution in [1.29, 1.82) is 0 Å². The fourth-order valence-electron chi connectivity index (χ4n) is 1.76. The molecule has 0 radical (unpaired) electrons. The van der Waals surface area contributed by atoms with E-state index in [-0.39, 0.29) is 17.6 Å². The molecule has 23 heavy (non-hydrogen) atoms. The van der Waals surface area contributed by atoms with Crippen molar-refractivity contribution >= 4 is 17.1 Å². The number of carboxylic acid groups (broad SMARTS) is 1. The summed E-state index contributed by atoms with van der Waals surface area (Å²) in [7, 11) is 0. The predicted molar refractivity (Wildman–Crippen MR) is 80.4 cm³/mol. The molecular weight excluding hydrogens is 306 g/mol. The molecule has 0 amide bonds. The lowest BCUT2D eigenvalue weighted by atomic mass is 10.1. The Bertz CT molecular complexity index is 966. The number of aliphatic carboxylic acids is 1. The lowest BCUT2D eigenvalue weighted by molar-refractivity contribution is -0.136. The first-order chi connectivity index (χ1) is 11.0. The van der Waals surface area contributed by atoms with Crippen molar-refractivity contribution in [3.8, 4) is 0 Å². The van der Waals surface area contributed by atoms with Crippen LogP contribution in [0.25, 0.3) is 11.2 Å². The molecule has 0 aliphatic carbocycles. The fourth-order valence-corrected chi connectivity index (χ4v) is 1.76. The van der Waals surface area contributed by atoms with Crippen molar-refractivity contribution in [3.63, 3.8) is 0 Å². The normalized spacial score (nSPS) is 10.1. The molecule has 0 bridgehead atoms. The number of hydrogen-bond donors (Lipinski definition) is 5. The van der Waals surface area contributed by atoms with Gasteiger partial charge in [0.05, 0.1) is 0 Å². The highest BCUT2D eigenvalue weighted by Gasteiger charge is 2.02. The molecule has 3 heterocycles. The number of pyridine rings is 1. The number of carboxylic acids is 1. The number of aromatic amines is 4. The second-order valence-electron chi connectivity index (χ2n) is 4.49. The molecule has 0 fully saturated rings. The van der Waals surface area contributed by atoms with Gasteiger partial charge in [0.15, 0.2) is 0 Å². The molecule has 0 spiro atoms. The number of H-pyrrole nitrogens is 4. The maximum Gasteiger partial charge on any atom is 0.327 e. The molecular formula is C13H13N5O5. The first-order valence-corrected chi connectivity index (χ1v) is 6.51. The van der Waals surface area contributed by atoms with Crippen molar-refractivity contribution < 1.29 is 9.90 Å². The molecule has 0 saturated heterocycles. The van der Waals surface area contributed by atoms with Crippen LogP contribution >= 0.6 is 0 Å². The van der Waals surface area contributed by atoms with Crippen molar-refractivity contribution in [2.45, 2.75) is 12.8 Å². The third-order valence-electron chi connectivity index (χ3n) is 2.80. The molecule has 3 aromatic heterocycles. The third-order valence-corrected chi connectivity index (χ3v) is 2.80. The Hall–Kier alpha value is -3.43. The van der Waals surface area contributed by atoms with Crippen LogP contribution in [0, 0.1) is 0 Å². The second kappa shape index (κ2) is 7.02. The SMILES string of the molecule is O=C(O)CCc1ccncc1.O=c1[nH]c(=O)c2[nH]c(=O)[nH]c2[nH]1. The van der Waals surface area contributed by atoms with E-state index in [1.54, 1.807) is 12.4 Å². The Balaban J connectivity index is 0.000000168. The lowest BCUT2D eigenvalue weighted by Crippen LogP contribution is -2.21. The number of hydrogen-bond acceptors (Lipinski definition) is 5. The Kier molecular flexibility index (Phi) is 4.87. The van der Waals surface area contributed by atoms with Gasteiger partial charge < -0.3 is 5.11 Å². The van der Waals surface area contributed by atoms with Crippen molar-refractivity contribution in [3.05, 3.63) is 61.4 Å². The van der Waals surface area contributed by atoms with Crippen LogP contribution in [0.15, 0.2) is 38.9 Å². The van der Waals surface area contributed by atoms with Gasteiger partial charge in [-0.05, 0) is 24.1 Å². The van der Waals surface area contributed by atoms with E-state index in [9.17, 15) is 19.2 Å². The topological polar surface area (TPSA) is 165 Å². The van der Waals surface area contributed by atoms with E-state index in [1.807, 2.05) is 17.1 Å². The van der Waals surface area contributed by atoms with E-state index in [0.29, 0.717) is 6.42 Å². The minimum atomic E-state index is -0.762.